The van der Waals surface area contributed by atoms with Crippen molar-refractivity contribution in [1.82, 2.24) is 4.90 Å². The molecule has 1 saturated carbocycles. The lowest BCUT2D eigenvalue weighted by molar-refractivity contribution is 0.126. The Kier molecular flexibility index (Phi) is 5.11. The van der Waals surface area contributed by atoms with Crippen molar-refractivity contribution in [1.29, 1.82) is 0 Å². The van der Waals surface area contributed by atoms with Crippen LogP contribution < -0.4 is 0 Å². The Bertz CT molecular complexity index is 191. The van der Waals surface area contributed by atoms with Crippen LogP contribution in [0.15, 0.2) is 0 Å². The van der Waals surface area contributed by atoms with Crippen molar-refractivity contribution in [2.24, 2.45) is 11.3 Å². The molecule has 0 aromatic rings. The van der Waals surface area contributed by atoms with Gasteiger partial charge in [0, 0.05) is 17.9 Å². The Balaban J connectivity index is 2.42. The minimum absolute atomic E-state index is 0.398. The molecule has 1 aliphatic carbocycles. The summed E-state index contributed by atoms with van der Waals surface area (Å²) in [6.07, 6.45) is 5.66. The van der Waals surface area contributed by atoms with Crippen LogP contribution in [0.5, 0.6) is 0 Å². The van der Waals surface area contributed by atoms with E-state index >= 15 is 0 Å². The molecule has 2 heteroatoms. The van der Waals surface area contributed by atoms with Gasteiger partial charge in [0.1, 0.15) is 0 Å². The maximum Gasteiger partial charge on any atom is 0.00949 e. The van der Waals surface area contributed by atoms with E-state index in [1.165, 1.54) is 32.2 Å². The highest BCUT2D eigenvalue weighted by Gasteiger charge is 2.26. The fourth-order valence-electron chi connectivity index (χ4n) is 2.65. The van der Waals surface area contributed by atoms with E-state index in [1.54, 1.807) is 0 Å². The van der Waals surface area contributed by atoms with Crippen LogP contribution in [0.3, 0.4) is 0 Å². The van der Waals surface area contributed by atoms with Crippen LogP contribution in [0, 0.1) is 11.3 Å². The molecule has 0 aromatic carbocycles. The minimum Gasteiger partial charge on any atom is -0.303 e. The maximum atomic E-state index is 3.61. The molecular weight excluding hydrogens is 250 g/mol. The van der Waals surface area contributed by atoms with Crippen molar-refractivity contribution in [3.8, 4) is 0 Å². The lowest BCUT2D eigenvalue weighted by atomic mass is 9.85. The average Bonchev–Trinajstić information content (AvgIpc) is 2.17. The molecule has 0 bridgehead atoms. The van der Waals surface area contributed by atoms with Crippen molar-refractivity contribution in [2.45, 2.75) is 52.5 Å². The van der Waals surface area contributed by atoms with Gasteiger partial charge in [-0.3, -0.25) is 0 Å². The number of rotatable bonds is 4. The summed E-state index contributed by atoms with van der Waals surface area (Å²) in [7, 11) is 2.30. The molecule has 1 nitrogen and oxygen atoms in total. The molecule has 0 aromatic heterocycles. The average molecular weight is 276 g/mol. The molecule has 0 saturated heterocycles. The fourth-order valence-corrected chi connectivity index (χ4v) is 2.83. The van der Waals surface area contributed by atoms with E-state index in [4.69, 9.17) is 0 Å². The van der Waals surface area contributed by atoms with Gasteiger partial charge in [-0.15, -0.1) is 0 Å². The van der Waals surface area contributed by atoms with Crippen LogP contribution in [-0.2, 0) is 0 Å². The molecule has 1 aliphatic rings. The SMILES string of the molecule is CC1CCCC(N(C)CC(C)(C)CBr)C1. The third kappa shape index (κ3) is 4.44. The summed E-state index contributed by atoms with van der Waals surface area (Å²) in [4.78, 5) is 2.58. The van der Waals surface area contributed by atoms with Gasteiger partial charge in [0.05, 0.1) is 0 Å². The van der Waals surface area contributed by atoms with Gasteiger partial charge >= 0.3 is 0 Å². The number of hydrogen-bond acceptors (Lipinski definition) is 1. The first-order chi connectivity index (χ1) is 6.94. The Morgan fingerprint density at radius 2 is 2.00 bits per heavy atom. The van der Waals surface area contributed by atoms with Gasteiger partial charge in [-0.2, -0.15) is 0 Å². The van der Waals surface area contributed by atoms with E-state index in [-0.39, 0.29) is 0 Å². The first kappa shape index (κ1) is 13.5. The molecule has 1 fully saturated rings. The molecule has 0 radical (unpaired) electrons. The van der Waals surface area contributed by atoms with Crippen LogP contribution >= 0.6 is 15.9 Å². The van der Waals surface area contributed by atoms with Crippen LogP contribution in [0.4, 0.5) is 0 Å². The molecule has 0 N–H and O–H groups in total. The second-order valence-corrected chi connectivity index (χ2v) is 6.70. The predicted octanol–water partition coefficient (Wildman–Crippen LogP) is 3.92. The molecule has 2 atom stereocenters. The highest BCUT2D eigenvalue weighted by atomic mass is 79.9. The third-order valence-corrected chi connectivity index (χ3v) is 5.09. The summed E-state index contributed by atoms with van der Waals surface area (Å²) in [5.41, 5.74) is 0.398. The quantitative estimate of drug-likeness (QED) is 0.703. The van der Waals surface area contributed by atoms with E-state index in [0.717, 1.165) is 17.3 Å². The largest absolute Gasteiger partial charge is 0.303 e. The summed E-state index contributed by atoms with van der Waals surface area (Å²) in [6, 6.07) is 0.826. The van der Waals surface area contributed by atoms with Gasteiger partial charge in [-0.1, -0.05) is 49.5 Å². The zero-order valence-electron chi connectivity index (χ0n) is 10.7. The molecule has 2 unspecified atom stereocenters. The highest BCUT2D eigenvalue weighted by Crippen LogP contribution is 2.29. The Labute approximate surface area is 104 Å². The summed E-state index contributed by atoms with van der Waals surface area (Å²) in [6.45, 7) is 8.28. The summed E-state index contributed by atoms with van der Waals surface area (Å²) < 4.78 is 0. The topological polar surface area (TPSA) is 3.24 Å². The predicted molar refractivity (Wildman–Crippen MR) is 71.6 cm³/mol. The number of halogens is 1. The zero-order valence-corrected chi connectivity index (χ0v) is 12.3. The van der Waals surface area contributed by atoms with Gasteiger partial charge in [-0.25, -0.2) is 0 Å². The van der Waals surface area contributed by atoms with E-state index in [9.17, 15) is 0 Å². The van der Waals surface area contributed by atoms with Crippen molar-refractivity contribution in [3.05, 3.63) is 0 Å². The molecule has 0 amide bonds. The number of nitrogens with zero attached hydrogens (tertiary/aromatic N) is 1. The van der Waals surface area contributed by atoms with Crippen molar-refractivity contribution in [3.63, 3.8) is 0 Å². The van der Waals surface area contributed by atoms with Crippen LogP contribution in [0.25, 0.3) is 0 Å². The van der Waals surface area contributed by atoms with Gasteiger partial charge < -0.3 is 4.90 Å². The second kappa shape index (κ2) is 5.67. The van der Waals surface area contributed by atoms with Crippen LogP contribution in [0.2, 0.25) is 0 Å². The van der Waals surface area contributed by atoms with Crippen molar-refractivity contribution < 1.29 is 0 Å². The molecule has 90 valence electrons. The lowest BCUT2D eigenvalue weighted by Crippen LogP contribution is -2.41. The normalized spacial score (nSPS) is 28.4. The number of alkyl halides is 1. The van der Waals surface area contributed by atoms with E-state index in [1.807, 2.05) is 0 Å². The molecule has 0 spiro atoms. The van der Waals surface area contributed by atoms with E-state index in [0.29, 0.717) is 5.41 Å². The monoisotopic (exact) mass is 275 g/mol. The van der Waals surface area contributed by atoms with E-state index in [2.05, 4.69) is 48.6 Å². The minimum atomic E-state index is 0.398. The summed E-state index contributed by atoms with van der Waals surface area (Å²) in [5.74, 6) is 0.929. The Morgan fingerprint density at radius 1 is 1.33 bits per heavy atom. The second-order valence-electron chi connectivity index (χ2n) is 6.14. The van der Waals surface area contributed by atoms with Gasteiger partial charge in [0.25, 0.3) is 0 Å². The summed E-state index contributed by atoms with van der Waals surface area (Å²) in [5, 5.41) is 1.09. The Morgan fingerprint density at radius 3 is 2.53 bits per heavy atom. The molecule has 0 aliphatic heterocycles. The summed E-state index contributed by atoms with van der Waals surface area (Å²) >= 11 is 3.61. The Hall–Kier alpha value is 0.440. The highest BCUT2D eigenvalue weighted by molar-refractivity contribution is 9.09. The zero-order chi connectivity index (χ0) is 11.5. The van der Waals surface area contributed by atoms with Gasteiger partial charge in [0.2, 0.25) is 0 Å². The molecular formula is C13H26BrN. The van der Waals surface area contributed by atoms with E-state index < -0.39 is 0 Å². The standard InChI is InChI=1S/C13H26BrN/c1-11-6-5-7-12(8-11)15(4)10-13(2,3)9-14/h11-12H,5-10H2,1-4H3. The lowest BCUT2D eigenvalue weighted by Gasteiger charge is -2.38. The molecule has 1 rings (SSSR count). The van der Waals surface area contributed by atoms with Crippen LogP contribution in [0.1, 0.15) is 46.5 Å². The van der Waals surface area contributed by atoms with Crippen molar-refractivity contribution >= 4 is 15.9 Å². The van der Waals surface area contributed by atoms with Crippen molar-refractivity contribution in [2.75, 3.05) is 18.9 Å². The fraction of sp³-hybridized carbons (Fsp3) is 1.00. The molecule has 0 heterocycles. The van der Waals surface area contributed by atoms with Crippen LogP contribution in [-0.4, -0.2) is 29.9 Å². The smallest absolute Gasteiger partial charge is 0.00949 e. The molecule has 15 heavy (non-hydrogen) atoms. The van der Waals surface area contributed by atoms with Gasteiger partial charge in [-0.05, 0) is 31.2 Å². The number of hydrogen-bond donors (Lipinski definition) is 0. The van der Waals surface area contributed by atoms with Gasteiger partial charge in [0.15, 0.2) is 0 Å². The maximum absolute atomic E-state index is 3.61. The first-order valence-corrected chi connectivity index (χ1v) is 7.33. The first-order valence-electron chi connectivity index (χ1n) is 6.21. The third-order valence-electron chi connectivity index (χ3n) is 3.57.